The number of ether oxygens (including phenoxy) is 1. The van der Waals surface area contributed by atoms with E-state index >= 15 is 0 Å². The van der Waals surface area contributed by atoms with E-state index in [-0.39, 0.29) is 40.6 Å². The lowest BCUT2D eigenvalue weighted by Gasteiger charge is -2.19. The van der Waals surface area contributed by atoms with Crippen LogP contribution in [0.3, 0.4) is 0 Å². The Morgan fingerprint density at radius 1 is 1.07 bits per heavy atom. The first-order valence-corrected chi connectivity index (χ1v) is 13.4. The minimum atomic E-state index is -4.64. The first-order chi connectivity index (χ1) is 19.5. The van der Waals surface area contributed by atoms with Crippen LogP contribution in [0.5, 0.6) is 5.75 Å². The second-order valence-corrected chi connectivity index (χ2v) is 9.95. The molecule has 0 aliphatic heterocycles. The van der Waals surface area contributed by atoms with Crippen LogP contribution in [0, 0.1) is 6.92 Å². The molecule has 10 heteroatoms. The minimum absolute atomic E-state index is 0.0218. The van der Waals surface area contributed by atoms with Crippen LogP contribution in [0.25, 0.3) is 11.1 Å². The zero-order valence-electron chi connectivity index (χ0n) is 22.5. The number of rotatable bonds is 10. The lowest BCUT2D eigenvalue weighted by atomic mass is 9.98. The van der Waals surface area contributed by atoms with Gasteiger partial charge in [0.05, 0.1) is 34.0 Å². The first kappa shape index (κ1) is 29.9. The molecule has 0 fully saturated rings. The number of unbranched alkanes of at least 4 members (excludes halogenated alkanes) is 1. The van der Waals surface area contributed by atoms with Gasteiger partial charge in [-0.1, -0.05) is 67.4 Å². The molecule has 4 aromatic rings. The third kappa shape index (κ3) is 6.79. The number of hydrogen-bond acceptors (Lipinski definition) is 4. The fourth-order valence-corrected chi connectivity index (χ4v) is 4.87. The van der Waals surface area contributed by atoms with Gasteiger partial charge in [-0.05, 0) is 43.2 Å². The number of halogens is 4. The van der Waals surface area contributed by atoms with Gasteiger partial charge in [0, 0.05) is 17.5 Å². The van der Waals surface area contributed by atoms with E-state index < -0.39 is 23.3 Å². The Hall–Kier alpha value is -4.11. The Kier molecular flexibility index (Phi) is 9.18. The van der Waals surface area contributed by atoms with Crippen LogP contribution in [0.15, 0.2) is 71.5 Å². The Bertz CT molecular complexity index is 1630. The van der Waals surface area contributed by atoms with Gasteiger partial charge in [0.15, 0.2) is 0 Å². The molecule has 1 heterocycles. The number of aromatic nitrogens is 2. The number of carboxylic acid groups (broad SMARTS) is 1. The Morgan fingerprint density at radius 3 is 2.46 bits per heavy atom. The average Bonchev–Trinajstić information content (AvgIpc) is 2.93. The van der Waals surface area contributed by atoms with Crippen LogP contribution in [0.2, 0.25) is 5.02 Å². The molecule has 0 aliphatic rings. The molecule has 0 unspecified atom stereocenters. The lowest BCUT2D eigenvalue weighted by molar-refractivity contribution is -0.137. The largest absolute Gasteiger partial charge is 0.487 e. The number of carboxylic acids is 1. The number of nitrogens with zero attached hydrogens (tertiary/aromatic N) is 2. The number of alkyl halides is 3. The van der Waals surface area contributed by atoms with Gasteiger partial charge in [-0.2, -0.15) is 13.2 Å². The van der Waals surface area contributed by atoms with Crippen molar-refractivity contribution in [3.05, 3.63) is 116 Å². The predicted molar refractivity (Wildman–Crippen MR) is 151 cm³/mol. The van der Waals surface area contributed by atoms with E-state index in [1.807, 2.05) is 6.92 Å². The summed E-state index contributed by atoms with van der Waals surface area (Å²) in [5, 5.41) is 9.62. The maximum Gasteiger partial charge on any atom is 0.417 e. The SMILES string of the molecule is CCCCc1nc(C)c(-c2ccccc2C(F)(F)F)c(=O)n1Cc1ccc(OCc2ccccc2C(=O)O)c(Cl)c1. The molecule has 1 N–H and O–H groups in total. The highest BCUT2D eigenvalue weighted by Gasteiger charge is 2.34. The van der Waals surface area contributed by atoms with E-state index in [0.717, 1.165) is 18.9 Å². The monoisotopic (exact) mass is 584 g/mol. The summed E-state index contributed by atoms with van der Waals surface area (Å²) in [6.07, 6.45) is -2.58. The Labute approximate surface area is 240 Å². The van der Waals surface area contributed by atoms with Gasteiger partial charge >= 0.3 is 12.1 Å². The molecule has 214 valence electrons. The molecule has 41 heavy (non-hydrogen) atoms. The minimum Gasteiger partial charge on any atom is -0.487 e. The van der Waals surface area contributed by atoms with Gasteiger partial charge in [-0.15, -0.1) is 0 Å². The molecule has 0 radical (unpaired) electrons. The highest BCUT2D eigenvalue weighted by Crippen LogP contribution is 2.37. The maximum atomic E-state index is 13.8. The highest BCUT2D eigenvalue weighted by molar-refractivity contribution is 6.32. The van der Waals surface area contributed by atoms with Crippen molar-refractivity contribution in [2.24, 2.45) is 0 Å². The molecule has 0 bridgehead atoms. The van der Waals surface area contributed by atoms with Crippen LogP contribution in [0.1, 0.15) is 58.3 Å². The summed E-state index contributed by atoms with van der Waals surface area (Å²) in [4.78, 5) is 29.9. The van der Waals surface area contributed by atoms with Crippen molar-refractivity contribution >= 4 is 17.6 Å². The number of aryl methyl sites for hydroxylation is 2. The van der Waals surface area contributed by atoms with E-state index in [2.05, 4.69) is 4.98 Å². The second-order valence-electron chi connectivity index (χ2n) is 9.54. The number of carbonyl (C=O) groups is 1. The van der Waals surface area contributed by atoms with Gasteiger partial charge in [0.1, 0.15) is 18.2 Å². The molecule has 4 rings (SSSR count). The molecule has 0 spiro atoms. The smallest absolute Gasteiger partial charge is 0.417 e. The van der Waals surface area contributed by atoms with E-state index in [4.69, 9.17) is 16.3 Å². The van der Waals surface area contributed by atoms with Crippen LogP contribution in [-0.4, -0.2) is 20.6 Å². The average molecular weight is 585 g/mol. The van der Waals surface area contributed by atoms with E-state index in [9.17, 15) is 27.9 Å². The molecule has 0 saturated heterocycles. The molecule has 1 aromatic heterocycles. The molecule has 6 nitrogen and oxygen atoms in total. The molecule has 0 saturated carbocycles. The third-order valence-corrected chi connectivity index (χ3v) is 6.95. The quantitative estimate of drug-likeness (QED) is 0.208. The van der Waals surface area contributed by atoms with Crippen molar-refractivity contribution in [1.82, 2.24) is 9.55 Å². The van der Waals surface area contributed by atoms with Crippen LogP contribution in [-0.2, 0) is 25.7 Å². The first-order valence-electron chi connectivity index (χ1n) is 13.0. The molecule has 0 atom stereocenters. The van der Waals surface area contributed by atoms with Crippen molar-refractivity contribution < 1.29 is 27.8 Å². The van der Waals surface area contributed by atoms with E-state index in [1.165, 1.54) is 28.8 Å². The Morgan fingerprint density at radius 2 is 1.78 bits per heavy atom. The van der Waals surface area contributed by atoms with Gasteiger partial charge in [0.25, 0.3) is 5.56 Å². The third-order valence-electron chi connectivity index (χ3n) is 6.65. The van der Waals surface area contributed by atoms with Gasteiger partial charge in [-0.25, -0.2) is 9.78 Å². The summed E-state index contributed by atoms with van der Waals surface area (Å²) in [7, 11) is 0. The summed E-state index contributed by atoms with van der Waals surface area (Å²) in [6.45, 7) is 3.56. The van der Waals surface area contributed by atoms with Crippen LogP contribution in [0.4, 0.5) is 13.2 Å². The van der Waals surface area contributed by atoms with Crippen LogP contribution < -0.4 is 10.3 Å². The maximum absolute atomic E-state index is 13.8. The summed E-state index contributed by atoms with van der Waals surface area (Å²) in [5.74, 6) is -0.279. The van der Waals surface area contributed by atoms with Gasteiger partial charge in [0.2, 0.25) is 0 Å². The van der Waals surface area contributed by atoms with Crippen molar-refractivity contribution in [2.45, 2.75) is 52.4 Å². The van der Waals surface area contributed by atoms with Gasteiger partial charge in [-0.3, -0.25) is 9.36 Å². The van der Waals surface area contributed by atoms with Crippen LogP contribution >= 0.6 is 11.6 Å². The number of hydrogen-bond donors (Lipinski definition) is 1. The highest BCUT2D eigenvalue weighted by atomic mass is 35.5. The fraction of sp³-hybridized carbons (Fsp3) is 0.258. The fourth-order valence-electron chi connectivity index (χ4n) is 4.62. The summed E-state index contributed by atoms with van der Waals surface area (Å²) in [6, 6.07) is 16.4. The standard InChI is InChI=1S/C31H28ClF3N2O4/c1-3-4-13-27-36-19(2)28(23-11-7-8-12-24(23)31(33,34)35)29(38)37(27)17-20-14-15-26(25(32)16-20)41-18-21-9-5-6-10-22(21)30(39)40/h5-12,14-16H,3-4,13,17-18H2,1-2H3,(H,39,40). The molecular formula is C31H28ClF3N2O4. The van der Waals surface area contributed by atoms with Crippen molar-refractivity contribution in [2.75, 3.05) is 0 Å². The zero-order chi connectivity index (χ0) is 29.7. The number of benzene rings is 3. The summed E-state index contributed by atoms with van der Waals surface area (Å²) >= 11 is 6.48. The summed E-state index contributed by atoms with van der Waals surface area (Å²) < 4.78 is 48.6. The molecule has 0 aliphatic carbocycles. The van der Waals surface area contributed by atoms with Crippen molar-refractivity contribution in [3.63, 3.8) is 0 Å². The molecule has 3 aromatic carbocycles. The topological polar surface area (TPSA) is 81.4 Å². The summed E-state index contributed by atoms with van der Waals surface area (Å²) in [5.41, 5.74) is -0.327. The molecule has 0 amide bonds. The van der Waals surface area contributed by atoms with Crippen molar-refractivity contribution in [3.8, 4) is 16.9 Å². The molecular weight excluding hydrogens is 557 g/mol. The van der Waals surface area contributed by atoms with E-state index in [1.54, 1.807) is 43.3 Å². The van der Waals surface area contributed by atoms with Gasteiger partial charge < -0.3 is 9.84 Å². The van der Waals surface area contributed by atoms with Crippen molar-refractivity contribution in [1.29, 1.82) is 0 Å². The van der Waals surface area contributed by atoms with E-state index in [0.29, 0.717) is 29.1 Å². The second kappa shape index (κ2) is 12.6. The predicted octanol–water partition coefficient (Wildman–Crippen LogP) is 7.56. The zero-order valence-corrected chi connectivity index (χ0v) is 23.2. The lowest BCUT2D eigenvalue weighted by Crippen LogP contribution is -2.29. The Balaban J connectivity index is 1.70. The normalized spacial score (nSPS) is 11.5. The number of aromatic carboxylic acids is 1.